The molecule has 0 heterocycles. The minimum Gasteiger partial charge on any atom is -0.396 e. The number of rotatable bonds is 2. The molecule has 2 nitrogen and oxygen atoms in total. The van der Waals surface area contributed by atoms with Crippen LogP contribution >= 0.6 is 0 Å². The second-order valence-corrected chi connectivity index (χ2v) is 5.92. The average molecular weight is 212 g/mol. The summed E-state index contributed by atoms with van der Waals surface area (Å²) in [5, 5.41) is 19.4. The van der Waals surface area contributed by atoms with Gasteiger partial charge in [0.25, 0.3) is 0 Å². The van der Waals surface area contributed by atoms with E-state index in [1.54, 1.807) is 0 Å². The van der Waals surface area contributed by atoms with Gasteiger partial charge in [-0.05, 0) is 48.9 Å². The number of fused-ring (bicyclic) bond motifs is 1. The third kappa shape index (κ3) is 1.72. The van der Waals surface area contributed by atoms with Gasteiger partial charge >= 0.3 is 0 Å². The van der Waals surface area contributed by atoms with Crippen molar-refractivity contribution in [3.63, 3.8) is 0 Å². The Kier molecular flexibility index (Phi) is 3.09. The van der Waals surface area contributed by atoms with Crippen molar-refractivity contribution in [3.8, 4) is 0 Å². The van der Waals surface area contributed by atoms with Crippen molar-refractivity contribution >= 4 is 0 Å². The molecule has 0 saturated heterocycles. The van der Waals surface area contributed by atoms with E-state index in [0.717, 1.165) is 19.3 Å². The zero-order valence-corrected chi connectivity index (χ0v) is 9.95. The standard InChI is InChI=1S/C13H24O2/c1-9(8-14)10-5-6-11-12(15)4-3-7-13(10,11)2/h9-12,14-15H,3-8H2,1-2H3/t9-,10?,11+,12?,13-/m1/s1. The molecule has 0 bridgehead atoms. The Morgan fingerprint density at radius 2 is 2.07 bits per heavy atom. The minimum absolute atomic E-state index is 0.0837. The Bertz CT molecular complexity index is 229. The summed E-state index contributed by atoms with van der Waals surface area (Å²) < 4.78 is 0. The topological polar surface area (TPSA) is 40.5 Å². The lowest BCUT2D eigenvalue weighted by Gasteiger charge is -2.45. The van der Waals surface area contributed by atoms with Crippen LogP contribution in [-0.4, -0.2) is 22.9 Å². The van der Waals surface area contributed by atoms with Crippen LogP contribution in [0.25, 0.3) is 0 Å². The van der Waals surface area contributed by atoms with Gasteiger partial charge in [0.2, 0.25) is 0 Å². The van der Waals surface area contributed by atoms with E-state index in [-0.39, 0.29) is 6.10 Å². The largest absolute Gasteiger partial charge is 0.396 e. The van der Waals surface area contributed by atoms with Gasteiger partial charge in [0.1, 0.15) is 0 Å². The first kappa shape index (κ1) is 11.4. The normalized spacial score (nSPS) is 47.6. The lowest BCUT2D eigenvalue weighted by Crippen LogP contribution is -2.41. The van der Waals surface area contributed by atoms with Gasteiger partial charge in [-0.15, -0.1) is 0 Å². The van der Waals surface area contributed by atoms with Crippen molar-refractivity contribution in [1.29, 1.82) is 0 Å². The maximum atomic E-state index is 10.1. The molecule has 2 unspecified atom stereocenters. The highest BCUT2D eigenvalue weighted by atomic mass is 16.3. The third-order valence-electron chi connectivity index (χ3n) is 5.14. The summed E-state index contributed by atoms with van der Waals surface area (Å²) in [6, 6.07) is 0. The summed E-state index contributed by atoms with van der Waals surface area (Å²) >= 11 is 0. The van der Waals surface area contributed by atoms with Crippen LogP contribution in [0.2, 0.25) is 0 Å². The molecule has 0 aromatic carbocycles. The first-order valence-corrected chi connectivity index (χ1v) is 6.38. The molecular formula is C13H24O2. The first-order valence-electron chi connectivity index (χ1n) is 6.38. The van der Waals surface area contributed by atoms with Crippen molar-refractivity contribution in [2.24, 2.45) is 23.2 Å². The van der Waals surface area contributed by atoms with E-state index in [9.17, 15) is 10.2 Å². The minimum atomic E-state index is -0.0837. The zero-order chi connectivity index (χ0) is 11.1. The first-order chi connectivity index (χ1) is 7.09. The Labute approximate surface area is 92.7 Å². The van der Waals surface area contributed by atoms with E-state index in [1.807, 2.05) is 0 Å². The van der Waals surface area contributed by atoms with E-state index in [0.29, 0.717) is 29.8 Å². The predicted molar refractivity (Wildman–Crippen MR) is 60.4 cm³/mol. The molecular weight excluding hydrogens is 188 g/mol. The Morgan fingerprint density at radius 3 is 2.73 bits per heavy atom. The second-order valence-electron chi connectivity index (χ2n) is 5.92. The summed E-state index contributed by atoms with van der Waals surface area (Å²) in [4.78, 5) is 0. The van der Waals surface area contributed by atoms with E-state index in [4.69, 9.17) is 0 Å². The SMILES string of the molecule is C[C@H](CO)C1CC[C@H]2C(O)CCC[C@]12C. The lowest BCUT2D eigenvalue weighted by molar-refractivity contribution is -0.0321. The van der Waals surface area contributed by atoms with Gasteiger partial charge in [0.05, 0.1) is 6.10 Å². The van der Waals surface area contributed by atoms with Crippen molar-refractivity contribution < 1.29 is 10.2 Å². The molecule has 2 saturated carbocycles. The molecule has 15 heavy (non-hydrogen) atoms. The summed E-state index contributed by atoms with van der Waals surface area (Å²) in [6.45, 7) is 4.78. The highest BCUT2D eigenvalue weighted by Crippen LogP contribution is 2.57. The summed E-state index contributed by atoms with van der Waals surface area (Å²) in [6.07, 6.45) is 5.65. The fraction of sp³-hybridized carbons (Fsp3) is 1.00. The quantitative estimate of drug-likeness (QED) is 0.736. The second kappa shape index (κ2) is 4.06. The van der Waals surface area contributed by atoms with Crippen LogP contribution in [0, 0.1) is 23.2 Å². The molecule has 0 radical (unpaired) electrons. The van der Waals surface area contributed by atoms with Gasteiger partial charge in [-0.25, -0.2) is 0 Å². The Hall–Kier alpha value is -0.0800. The smallest absolute Gasteiger partial charge is 0.0573 e. The van der Waals surface area contributed by atoms with Crippen molar-refractivity contribution in [2.75, 3.05) is 6.61 Å². The molecule has 2 fully saturated rings. The molecule has 88 valence electrons. The highest BCUT2D eigenvalue weighted by molar-refractivity contribution is 5.01. The van der Waals surface area contributed by atoms with Crippen LogP contribution in [0.5, 0.6) is 0 Å². The summed E-state index contributed by atoms with van der Waals surface area (Å²) in [5.41, 5.74) is 0.291. The number of aliphatic hydroxyl groups is 2. The number of aliphatic hydroxyl groups excluding tert-OH is 2. The van der Waals surface area contributed by atoms with Gasteiger partial charge in [0, 0.05) is 6.61 Å². The van der Waals surface area contributed by atoms with Crippen LogP contribution in [0.15, 0.2) is 0 Å². The zero-order valence-electron chi connectivity index (χ0n) is 9.95. The Balaban J connectivity index is 2.17. The highest BCUT2D eigenvalue weighted by Gasteiger charge is 2.51. The molecule has 0 aliphatic heterocycles. The molecule has 2 rings (SSSR count). The predicted octanol–water partition coefficient (Wildman–Crippen LogP) is 2.19. The molecule has 0 spiro atoms. The molecule has 2 aliphatic carbocycles. The van der Waals surface area contributed by atoms with Gasteiger partial charge in [-0.3, -0.25) is 0 Å². The van der Waals surface area contributed by atoms with Crippen molar-refractivity contribution in [2.45, 2.75) is 52.1 Å². The van der Waals surface area contributed by atoms with Crippen LogP contribution in [0.3, 0.4) is 0 Å². The fourth-order valence-electron chi connectivity index (χ4n) is 4.25. The molecule has 0 amide bonds. The van der Waals surface area contributed by atoms with E-state index >= 15 is 0 Å². The number of hydrogen-bond donors (Lipinski definition) is 2. The maximum Gasteiger partial charge on any atom is 0.0573 e. The molecule has 2 aliphatic rings. The van der Waals surface area contributed by atoms with Gasteiger partial charge < -0.3 is 10.2 Å². The maximum absolute atomic E-state index is 10.1. The summed E-state index contributed by atoms with van der Waals surface area (Å²) in [7, 11) is 0. The average Bonchev–Trinajstić information content (AvgIpc) is 2.56. The fourth-order valence-corrected chi connectivity index (χ4v) is 4.25. The molecule has 0 aromatic rings. The van der Waals surface area contributed by atoms with Gasteiger partial charge in [-0.1, -0.05) is 20.3 Å². The van der Waals surface area contributed by atoms with Crippen molar-refractivity contribution in [1.82, 2.24) is 0 Å². The van der Waals surface area contributed by atoms with Crippen LogP contribution < -0.4 is 0 Å². The van der Waals surface area contributed by atoms with Crippen molar-refractivity contribution in [3.05, 3.63) is 0 Å². The summed E-state index contributed by atoms with van der Waals surface area (Å²) in [5.74, 6) is 1.50. The van der Waals surface area contributed by atoms with Crippen LogP contribution in [0.4, 0.5) is 0 Å². The van der Waals surface area contributed by atoms with Crippen LogP contribution in [-0.2, 0) is 0 Å². The molecule has 5 atom stereocenters. The molecule has 2 N–H and O–H groups in total. The van der Waals surface area contributed by atoms with Gasteiger partial charge in [-0.2, -0.15) is 0 Å². The van der Waals surface area contributed by atoms with Crippen LogP contribution in [0.1, 0.15) is 46.0 Å². The Morgan fingerprint density at radius 1 is 1.33 bits per heavy atom. The molecule has 0 aromatic heterocycles. The number of hydrogen-bond acceptors (Lipinski definition) is 2. The molecule has 2 heteroatoms. The monoisotopic (exact) mass is 212 g/mol. The third-order valence-corrected chi connectivity index (χ3v) is 5.14. The lowest BCUT2D eigenvalue weighted by atomic mass is 9.62. The van der Waals surface area contributed by atoms with E-state index < -0.39 is 0 Å². The van der Waals surface area contributed by atoms with E-state index in [1.165, 1.54) is 12.8 Å². The van der Waals surface area contributed by atoms with E-state index in [2.05, 4.69) is 13.8 Å². The van der Waals surface area contributed by atoms with Gasteiger partial charge in [0.15, 0.2) is 0 Å².